The van der Waals surface area contributed by atoms with Gasteiger partial charge in [0.05, 0.1) is 6.61 Å². The number of carbonyl (C=O) groups excluding carboxylic acids is 1. The van der Waals surface area contributed by atoms with Crippen molar-refractivity contribution in [2.45, 2.75) is 20.0 Å². The minimum absolute atomic E-state index is 0.0435. The molecule has 16 heavy (non-hydrogen) atoms. The lowest BCUT2D eigenvalue weighted by Gasteiger charge is -2.13. The first-order valence-corrected chi connectivity index (χ1v) is 4.82. The lowest BCUT2D eigenvalue weighted by molar-refractivity contribution is -0.150. The Hall–Kier alpha value is -1.65. The molecule has 0 aliphatic rings. The summed E-state index contributed by atoms with van der Waals surface area (Å²) in [6, 6.07) is 2.72. The summed E-state index contributed by atoms with van der Waals surface area (Å²) in [7, 11) is 0. The molecule has 88 valence electrons. The van der Waals surface area contributed by atoms with Crippen LogP contribution in [0.1, 0.15) is 13.8 Å². The Morgan fingerprint density at radius 1 is 1.31 bits per heavy atom. The summed E-state index contributed by atoms with van der Waals surface area (Å²) in [4.78, 5) is 11.2. The lowest BCUT2D eigenvalue weighted by atomic mass is 10.3. The molecule has 0 aliphatic carbocycles. The SMILES string of the molecule is CCOC(=O)C(C)Oc1cc(F)cc(F)c1. The molecule has 0 heterocycles. The van der Waals surface area contributed by atoms with Gasteiger partial charge in [-0.2, -0.15) is 0 Å². The van der Waals surface area contributed by atoms with Gasteiger partial charge in [-0.25, -0.2) is 13.6 Å². The highest BCUT2D eigenvalue weighted by atomic mass is 19.1. The van der Waals surface area contributed by atoms with Crippen molar-refractivity contribution in [1.29, 1.82) is 0 Å². The molecule has 0 saturated heterocycles. The Morgan fingerprint density at radius 3 is 2.38 bits per heavy atom. The van der Waals surface area contributed by atoms with Crippen LogP contribution in [0.15, 0.2) is 18.2 Å². The standard InChI is InChI=1S/C11H12F2O3/c1-3-15-11(14)7(2)16-10-5-8(12)4-9(13)6-10/h4-7H,3H2,1-2H3. The monoisotopic (exact) mass is 230 g/mol. The average Bonchev–Trinajstić information content (AvgIpc) is 2.16. The second kappa shape index (κ2) is 5.44. The average molecular weight is 230 g/mol. The Labute approximate surface area is 92.0 Å². The van der Waals surface area contributed by atoms with E-state index in [4.69, 9.17) is 4.74 Å². The molecule has 0 bridgehead atoms. The second-order valence-corrected chi connectivity index (χ2v) is 3.12. The van der Waals surface area contributed by atoms with Crippen molar-refractivity contribution in [3.8, 4) is 5.75 Å². The van der Waals surface area contributed by atoms with E-state index in [0.29, 0.717) is 0 Å². The largest absolute Gasteiger partial charge is 0.479 e. The third kappa shape index (κ3) is 3.49. The van der Waals surface area contributed by atoms with Crippen LogP contribution in [0.5, 0.6) is 5.75 Å². The highest BCUT2D eigenvalue weighted by molar-refractivity contribution is 5.74. The number of halogens is 2. The van der Waals surface area contributed by atoms with Crippen molar-refractivity contribution in [2.75, 3.05) is 6.61 Å². The molecule has 3 nitrogen and oxygen atoms in total. The summed E-state index contributed by atoms with van der Waals surface area (Å²) in [6.07, 6.45) is -0.902. The van der Waals surface area contributed by atoms with E-state index < -0.39 is 23.7 Å². The van der Waals surface area contributed by atoms with E-state index in [2.05, 4.69) is 4.74 Å². The lowest BCUT2D eigenvalue weighted by Crippen LogP contribution is -2.26. The maximum Gasteiger partial charge on any atom is 0.347 e. The van der Waals surface area contributed by atoms with Crippen LogP contribution in [0.4, 0.5) is 8.78 Å². The fraction of sp³-hybridized carbons (Fsp3) is 0.364. The number of benzene rings is 1. The molecule has 0 amide bonds. The van der Waals surface area contributed by atoms with Crippen LogP contribution in [0.25, 0.3) is 0 Å². The van der Waals surface area contributed by atoms with E-state index in [1.807, 2.05) is 0 Å². The zero-order chi connectivity index (χ0) is 12.1. The number of rotatable bonds is 4. The van der Waals surface area contributed by atoms with Crippen molar-refractivity contribution >= 4 is 5.97 Å². The molecule has 5 heteroatoms. The van der Waals surface area contributed by atoms with Crippen LogP contribution in [0, 0.1) is 11.6 Å². The highest BCUT2D eigenvalue weighted by Crippen LogP contribution is 2.17. The molecule has 0 saturated carbocycles. The van der Waals surface area contributed by atoms with Gasteiger partial charge in [0.2, 0.25) is 0 Å². The zero-order valence-electron chi connectivity index (χ0n) is 9.00. The molecule has 1 aromatic carbocycles. The van der Waals surface area contributed by atoms with Gasteiger partial charge in [0.25, 0.3) is 0 Å². The van der Waals surface area contributed by atoms with E-state index in [0.717, 1.165) is 18.2 Å². The van der Waals surface area contributed by atoms with Crippen LogP contribution in [0.3, 0.4) is 0 Å². The van der Waals surface area contributed by atoms with Crippen LogP contribution in [0.2, 0.25) is 0 Å². The van der Waals surface area contributed by atoms with Crippen LogP contribution < -0.4 is 4.74 Å². The summed E-state index contributed by atoms with van der Waals surface area (Å²) >= 11 is 0. The minimum atomic E-state index is -0.902. The van der Waals surface area contributed by atoms with Crippen LogP contribution >= 0.6 is 0 Å². The molecular weight excluding hydrogens is 218 g/mol. The summed E-state index contributed by atoms with van der Waals surface area (Å²) in [5, 5.41) is 0. The van der Waals surface area contributed by atoms with Crippen LogP contribution in [-0.4, -0.2) is 18.7 Å². The van der Waals surface area contributed by atoms with E-state index in [1.54, 1.807) is 6.92 Å². The zero-order valence-corrected chi connectivity index (χ0v) is 9.00. The van der Waals surface area contributed by atoms with Crippen molar-refractivity contribution in [1.82, 2.24) is 0 Å². The van der Waals surface area contributed by atoms with E-state index in [9.17, 15) is 13.6 Å². The topological polar surface area (TPSA) is 35.5 Å². The molecular formula is C11H12F2O3. The van der Waals surface area contributed by atoms with Gasteiger partial charge < -0.3 is 9.47 Å². The Balaban J connectivity index is 2.69. The second-order valence-electron chi connectivity index (χ2n) is 3.12. The fourth-order valence-corrected chi connectivity index (χ4v) is 1.11. The van der Waals surface area contributed by atoms with Gasteiger partial charge in [0.1, 0.15) is 17.4 Å². The molecule has 0 fully saturated rings. The number of hydrogen-bond donors (Lipinski definition) is 0. The van der Waals surface area contributed by atoms with Gasteiger partial charge >= 0.3 is 5.97 Å². The number of ether oxygens (including phenoxy) is 2. The Morgan fingerprint density at radius 2 is 1.88 bits per heavy atom. The van der Waals surface area contributed by atoms with Gasteiger partial charge in [-0.1, -0.05) is 0 Å². The highest BCUT2D eigenvalue weighted by Gasteiger charge is 2.16. The maximum absolute atomic E-state index is 12.8. The van der Waals surface area contributed by atoms with E-state index >= 15 is 0 Å². The summed E-state index contributed by atoms with van der Waals surface area (Å²) in [5.41, 5.74) is 0. The normalized spacial score (nSPS) is 12.0. The molecule has 1 aromatic rings. The molecule has 0 aliphatic heterocycles. The van der Waals surface area contributed by atoms with Crippen LogP contribution in [-0.2, 0) is 9.53 Å². The van der Waals surface area contributed by atoms with E-state index in [1.165, 1.54) is 6.92 Å². The third-order valence-electron chi connectivity index (χ3n) is 1.77. The first-order chi connectivity index (χ1) is 7.52. The van der Waals surface area contributed by atoms with Crippen molar-refractivity contribution in [3.05, 3.63) is 29.8 Å². The Bertz CT molecular complexity index is 359. The van der Waals surface area contributed by atoms with Gasteiger partial charge in [-0.3, -0.25) is 0 Å². The predicted octanol–water partition coefficient (Wildman–Crippen LogP) is 2.30. The molecule has 0 aromatic heterocycles. The number of carbonyl (C=O) groups is 1. The summed E-state index contributed by atoms with van der Waals surface area (Å²) < 4.78 is 35.3. The predicted molar refractivity (Wildman–Crippen MR) is 53.1 cm³/mol. The Kier molecular flexibility index (Phi) is 4.22. The van der Waals surface area contributed by atoms with Crippen molar-refractivity contribution < 1.29 is 23.0 Å². The van der Waals surface area contributed by atoms with Crippen molar-refractivity contribution in [3.63, 3.8) is 0 Å². The van der Waals surface area contributed by atoms with Crippen molar-refractivity contribution in [2.24, 2.45) is 0 Å². The summed E-state index contributed by atoms with van der Waals surface area (Å²) in [5.74, 6) is -2.14. The molecule has 1 rings (SSSR count). The fourth-order valence-electron chi connectivity index (χ4n) is 1.11. The number of hydrogen-bond acceptors (Lipinski definition) is 3. The number of esters is 1. The van der Waals surface area contributed by atoms with Gasteiger partial charge in [0.15, 0.2) is 6.10 Å². The maximum atomic E-state index is 12.8. The molecule has 0 spiro atoms. The van der Waals surface area contributed by atoms with Gasteiger partial charge in [0, 0.05) is 18.2 Å². The summed E-state index contributed by atoms with van der Waals surface area (Å²) in [6.45, 7) is 3.33. The molecule has 1 unspecified atom stereocenters. The van der Waals surface area contributed by atoms with Gasteiger partial charge in [-0.15, -0.1) is 0 Å². The molecule has 0 N–H and O–H groups in total. The minimum Gasteiger partial charge on any atom is -0.479 e. The first-order valence-electron chi connectivity index (χ1n) is 4.82. The first kappa shape index (κ1) is 12.4. The van der Waals surface area contributed by atoms with Gasteiger partial charge in [-0.05, 0) is 13.8 Å². The molecule has 1 atom stereocenters. The third-order valence-corrected chi connectivity index (χ3v) is 1.77. The molecule has 0 radical (unpaired) electrons. The van der Waals surface area contributed by atoms with E-state index in [-0.39, 0.29) is 12.4 Å². The smallest absolute Gasteiger partial charge is 0.347 e. The quantitative estimate of drug-likeness (QED) is 0.744.